The van der Waals surface area contributed by atoms with Crippen molar-refractivity contribution in [2.45, 2.75) is 64.8 Å². The zero-order valence-corrected chi connectivity index (χ0v) is 14.5. The van der Waals surface area contributed by atoms with Crippen molar-refractivity contribution >= 4 is 17.8 Å². The summed E-state index contributed by atoms with van der Waals surface area (Å²) in [4.78, 5) is 39.5. The second kappa shape index (κ2) is 5.98. The van der Waals surface area contributed by atoms with E-state index in [2.05, 4.69) is 6.58 Å². The Bertz CT molecular complexity index is 537. The standard InChI is InChI=1S/C17H26N2O4/c1-7-12-8-13(10(2)20)19(16(22)23-17(4,5)6)15(12)14-9-18(14)11(3)21/h7,12-15H,1,8-9H2,2-6H3/t12-,13-,14+,15-,18?/m1/s1. The van der Waals surface area contributed by atoms with Crippen LogP contribution in [-0.4, -0.2) is 57.9 Å². The van der Waals surface area contributed by atoms with Gasteiger partial charge in [0.15, 0.2) is 5.78 Å². The molecule has 6 heteroatoms. The van der Waals surface area contributed by atoms with E-state index in [0.29, 0.717) is 13.0 Å². The van der Waals surface area contributed by atoms with Crippen molar-refractivity contribution < 1.29 is 19.1 Å². The van der Waals surface area contributed by atoms with Gasteiger partial charge in [0.25, 0.3) is 0 Å². The van der Waals surface area contributed by atoms with Crippen molar-refractivity contribution in [1.82, 2.24) is 9.80 Å². The number of ketones is 1. The normalized spacial score (nSPS) is 30.1. The topological polar surface area (TPSA) is 66.7 Å². The summed E-state index contributed by atoms with van der Waals surface area (Å²) in [6, 6.07) is -0.834. The van der Waals surface area contributed by atoms with Crippen LogP contribution >= 0.6 is 0 Å². The van der Waals surface area contributed by atoms with Crippen LogP contribution in [0.25, 0.3) is 0 Å². The van der Waals surface area contributed by atoms with Crippen molar-refractivity contribution in [2.24, 2.45) is 5.92 Å². The number of amides is 2. The molecule has 0 N–H and O–H groups in total. The third-order valence-electron chi connectivity index (χ3n) is 4.42. The molecule has 0 radical (unpaired) electrons. The number of ether oxygens (including phenoxy) is 1. The Hall–Kier alpha value is -1.85. The SMILES string of the molecule is C=C[C@@H]1C[C@H](C(C)=O)N(C(=O)OC(C)(C)C)[C@H]1[C@@H]1CN1C(C)=O. The molecule has 0 aliphatic carbocycles. The largest absolute Gasteiger partial charge is 0.444 e. The van der Waals surface area contributed by atoms with Gasteiger partial charge < -0.3 is 9.64 Å². The zero-order chi connectivity index (χ0) is 17.5. The fourth-order valence-electron chi connectivity index (χ4n) is 3.37. The highest BCUT2D eigenvalue weighted by molar-refractivity contribution is 5.87. The number of carbonyl (C=O) groups excluding carboxylic acids is 3. The fraction of sp³-hybridized carbons (Fsp3) is 0.706. The van der Waals surface area contributed by atoms with Crippen LogP contribution in [0.15, 0.2) is 12.7 Å². The van der Waals surface area contributed by atoms with Crippen molar-refractivity contribution in [3.8, 4) is 0 Å². The molecule has 23 heavy (non-hydrogen) atoms. The molecule has 0 aromatic rings. The molecular weight excluding hydrogens is 296 g/mol. The fourth-order valence-corrected chi connectivity index (χ4v) is 3.37. The molecule has 0 spiro atoms. The minimum Gasteiger partial charge on any atom is -0.444 e. The molecule has 2 amide bonds. The van der Waals surface area contributed by atoms with E-state index in [1.165, 1.54) is 18.7 Å². The van der Waals surface area contributed by atoms with Crippen LogP contribution in [0.5, 0.6) is 0 Å². The molecule has 128 valence electrons. The molecule has 0 bridgehead atoms. The average molecular weight is 322 g/mol. The summed E-state index contributed by atoms with van der Waals surface area (Å²) >= 11 is 0. The van der Waals surface area contributed by atoms with Gasteiger partial charge >= 0.3 is 6.09 Å². The van der Waals surface area contributed by atoms with Gasteiger partial charge in [-0.2, -0.15) is 0 Å². The number of carbonyl (C=O) groups is 3. The Morgan fingerprint density at radius 2 is 1.83 bits per heavy atom. The summed E-state index contributed by atoms with van der Waals surface area (Å²) in [7, 11) is 0. The molecule has 2 rings (SSSR count). The lowest BCUT2D eigenvalue weighted by Crippen LogP contribution is -2.50. The first-order chi connectivity index (χ1) is 10.6. The van der Waals surface area contributed by atoms with E-state index in [1.807, 2.05) is 0 Å². The summed E-state index contributed by atoms with van der Waals surface area (Å²) in [5, 5.41) is 0. The number of rotatable bonds is 3. The van der Waals surface area contributed by atoms with Crippen molar-refractivity contribution in [3.05, 3.63) is 12.7 Å². The molecular formula is C17H26N2O4. The summed E-state index contributed by atoms with van der Waals surface area (Å²) in [5.41, 5.74) is -0.640. The Labute approximate surface area is 137 Å². The van der Waals surface area contributed by atoms with Gasteiger partial charge in [-0.15, -0.1) is 6.58 Å². The maximum absolute atomic E-state index is 12.7. The van der Waals surface area contributed by atoms with Gasteiger partial charge in [-0.25, -0.2) is 4.79 Å². The second-order valence-electron chi connectivity index (χ2n) is 7.38. The highest BCUT2D eigenvalue weighted by Crippen LogP contribution is 2.40. The predicted octanol–water partition coefficient (Wildman–Crippen LogP) is 1.99. The number of hydrogen-bond acceptors (Lipinski definition) is 4. The van der Waals surface area contributed by atoms with E-state index in [-0.39, 0.29) is 29.7 Å². The van der Waals surface area contributed by atoms with Gasteiger partial charge in [0, 0.05) is 19.4 Å². The third-order valence-corrected chi connectivity index (χ3v) is 4.42. The van der Waals surface area contributed by atoms with Crippen LogP contribution in [-0.2, 0) is 14.3 Å². The van der Waals surface area contributed by atoms with Crippen LogP contribution in [0.2, 0.25) is 0 Å². The molecule has 6 nitrogen and oxygen atoms in total. The Kier molecular flexibility index (Phi) is 4.55. The van der Waals surface area contributed by atoms with E-state index >= 15 is 0 Å². The van der Waals surface area contributed by atoms with Crippen molar-refractivity contribution in [1.29, 1.82) is 0 Å². The maximum Gasteiger partial charge on any atom is 0.411 e. The molecule has 2 aliphatic rings. The van der Waals surface area contributed by atoms with Gasteiger partial charge in [-0.05, 0) is 34.1 Å². The van der Waals surface area contributed by atoms with Crippen LogP contribution in [0.3, 0.4) is 0 Å². The molecule has 2 heterocycles. The summed E-state index contributed by atoms with van der Waals surface area (Å²) < 4.78 is 5.50. The second-order valence-corrected chi connectivity index (χ2v) is 7.38. The van der Waals surface area contributed by atoms with E-state index in [4.69, 9.17) is 4.74 Å². The lowest BCUT2D eigenvalue weighted by atomic mass is 9.96. The van der Waals surface area contributed by atoms with Gasteiger partial charge in [0.2, 0.25) is 5.91 Å². The first-order valence-corrected chi connectivity index (χ1v) is 7.98. The van der Waals surface area contributed by atoms with E-state index in [1.54, 1.807) is 31.7 Å². The van der Waals surface area contributed by atoms with Crippen LogP contribution in [0, 0.1) is 5.92 Å². The van der Waals surface area contributed by atoms with Crippen molar-refractivity contribution in [2.75, 3.05) is 6.54 Å². The monoisotopic (exact) mass is 322 g/mol. The minimum atomic E-state index is -0.640. The predicted molar refractivity (Wildman–Crippen MR) is 85.8 cm³/mol. The van der Waals surface area contributed by atoms with Gasteiger partial charge in [-0.3, -0.25) is 14.5 Å². The lowest BCUT2D eigenvalue weighted by molar-refractivity contribution is -0.124. The number of likely N-dealkylation sites (tertiary alicyclic amines) is 1. The molecule has 0 aromatic heterocycles. The Morgan fingerprint density at radius 3 is 2.22 bits per heavy atom. The number of hydrogen-bond donors (Lipinski definition) is 0. The zero-order valence-electron chi connectivity index (χ0n) is 14.5. The first-order valence-electron chi connectivity index (χ1n) is 7.98. The maximum atomic E-state index is 12.7. The van der Waals surface area contributed by atoms with Gasteiger partial charge in [0.1, 0.15) is 5.60 Å². The van der Waals surface area contributed by atoms with Crippen molar-refractivity contribution in [3.63, 3.8) is 0 Å². The molecule has 2 aliphatic heterocycles. The van der Waals surface area contributed by atoms with Crippen LogP contribution in [0.4, 0.5) is 4.79 Å². The summed E-state index contributed by atoms with van der Waals surface area (Å²) in [6.45, 7) is 12.8. The highest BCUT2D eigenvalue weighted by atomic mass is 16.6. The molecule has 0 saturated carbocycles. The van der Waals surface area contributed by atoms with E-state index < -0.39 is 17.7 Å². The number of nitrogens with zero attached hydrogens (tertiary/aromatic N) is 2. The minimum absolute atomic E-state index is 0.0202. The smallest absolute Gasteiger partial charge is 0.411 e. The Morgan fingerprint density at radius 1 is 1.22 bits per heavy atom. The number of Topliss-reactive ketones (excluding diaryl/α,β-unsaturated/α-hetero) is 1. The first kappa shape index (κ1) is 17.5. The molecule has 4 atom stereocenters. The molecule has 0 unspecified atom stereocenters. The molecule has 0 aromatic carbocycles. The van der Waals surface area contributed by atoms with Gasteiger partial charge in [0.05, 0.1) is 18.1 Å². The van der Waals surface area contributed by atoms with E-state index in [9.17, 15) is 14.4 Å². The molecule has 2 saturated heterocycles. The van der Waals surface area contributed by atoms with Crippen LogP contribution < -0.4 is 0 Å². The van der Waals surface area contributed by atoms with Crippen LogP contribution in [0.1, 0.15) is 41.0 Å². The van der Waals surface area contributed by atoms with E-state index in [0.717, 1.165) is 0 Å². The lowest BCUT2D eigenvalue weighted by Gasteiger charge is -2.32. The van der Waals surface area contributed by atoms with Gasteiger partial charge in [-0.1, -0.05) is 6.08 Å². The Balaban J connectivity index is 2.30. The third kappa shape index (κ3) is 3.57. The highest BCUT2D eigenvalue weighted by Gasteiger charge is 2.55. The molecule has 2 fully saturated rings. The average Bonchev–Trinajstić information content (AvgIpc) is 3.09. The quantitative estimate of drug-likeness (QED) is 0.589. The summed E-state index contributed by atoms with van der Waals surface area (Å²) in [6.07, 6.45) is 1.81. The summed E-state index contributed by atoms with van der Waals surface area (Å²) in [5.74, 6) is -0.112.